The van der Waals surface area contributed by atoms with Gasteiger partial charge in [0.25, 0.3) is 0 Å². The first-order chi connectivity index (χ1) is 6.88. The molecule has 0 heterocycles. The lowest BCUT2D eigenvalue weighted by Gasteiger charge is -1.96. The van der Waals surface area contributed by atoms with E-state index in [1.807, 2.05) is 30.3 Å². The molecule has 3 heteroatoms. The van der Waals surface area contributed by atoms with Gasteiger partial charge in [0, 0.05) is 17.0 Å². The third-order valence-electron chi connectivity index (χ3n) is 1.66. The topological polar surface area (TPSA) is 48.8 Å². The smallest absolute Gasteiger partial charge is 0.0443 e. The van der Waals surface area contributed by atoms with Crippen LogP contribution < -0.4 is 0 Å². The van der Waals surface area contributed by atoms with Gasteiger partial charge in [0.1, 0.15) is 0 Å². The van der Waals surface area contributed by atoms with Gasteiger partial charge in [0.2, 0.25) is 0 Å². The van der Waals surface area contributed by atoms with Crippen LogP contribution in [-0.4, -0.2) is 6.54 Å². The van der Waals surface area contributed by atoms with Gasteiger partial charge in [0.15, 0.2) is 0 Å². The van der Waals surface area contributed by atoms with E-state index in [4.69, 9.17) is 12.0 Å². The SMILES string of the molecule is C#Cc1ccccc1C=CCN=[N+]=[N-]. The van der Waals surface area contributed by atoms with Crippen LogP contribution in [0.5, 0.6) is 0 Å². The number of hydrogen-bond donors (Lipinski definition) is 0. The molecule has 0 unspecified atom stereocenters. The second-order valence-corrected chi connectivity index (χ2v) is 2.55. The molecule has 0 aliphatic carbocycles. The van der Waals surface area contributed by atoms with E-state index in [9.17, 15) is 0 Å². The van der Waals surface area contributed by atoms with Crippen molar-refractivity contribution in [2.24, 2.45) is 5.11 Å². The lowest BCUT2D eigenvalue weighted by Crippen LogP contribution is -1.80. The summed E-state index contributed by atoms with van der Waals surface area (Å²) < 4.78 is 0. The number of nitrogens with zero attached hydrogens (tertiary/aromatic N) is 3. The maximum absolute atomic E-state index is 8.06. The maximum Gasteiger partial charge on any atom is 0.0443 e. The lowest BCUT2D eigenvalue weighted by molar-refractivity contribution is 1.22. The Bertz CT molecular complexity index is 420. The number of rotatable bonds is 3. The first-order valence-corrected chi connectivity index (χ1v) is 4.11. The highest BCUT2D eigenvalue weighted by Crippen LogP contribution is 2.08. The number of benzene rings is 1. The van der Waals surface area contributed by atoms with Crippen LogP contribution in [-0.2, 0) is 0 Å². The Balaban J connectivity index is 2.81. The zero-order valence-corrected chi connectivity index (χ0v) is 7.59. The molecule has 0 aliphatic rings. The summed E-state index contributed by atoms with van der Waals surface area (Å²) in [6, 6.07) is 7.59. The molecule has 0 bridgehead atoms. The van der Waals surface area contributed by atoms with E-state index >= 15 is 0 Å². The zero-order chi connectivity index (χ0) is 10.2. The van der Waals surface area contributed by atoms with E-state index in [1.54, 1.807) is 6.08 Å². The van der Waals surface area contributed by atoms with Crippen LogP contribution in [0, 0.1) is 12.3 Å². The largest absolute Gasteiger partial charge is 0.115 e. The minimum Gasteiger partial charge on any atom is -0.115 e. The van der Waals surface area contributed by atoms with E-state index in [0.29, 0.717) is 6.54 Å². The third kappa shape index (κ3) is 2.71. The Morgan fingerprint density at radius 2 is 2.29 bits per heavy atom. The first-order valence-electron chi connectivity index (χ1n) is 4.11. The highest BCUT2D eigenvalue weighted by atomic mass is 15.1. The Morgan fingerprint density at radius 3 is 3.00 bits per heavy atom. The fourth-order valence-corrected chi connectivity index (χ4v) is 1.04. The predicted molar refractivity (Wildman–Crippen MR) is 57.4 cm³/mol. The number of terminal acetylenes is 1. The molecule has 0 amide bonds. The van der Waals surface area contributed by atoms with Crippen LogP contribution in [0.25, 0.3) is 16.5 Å². The normalized spacial score (nSPS) is 9.36. The summed E-state index contributed by atoms with van der Waals surface area (Å²) in [4.78, 5) is 2.64. The molecule has 0 radical (unpaired) electrons. The van der Waals surface area contributed by atoms with Crippen molar-refractivity contribution in [2.45, 2.75) is 0 Å². The quantitative estimate of drug-likeness (QED) is 0.299. The van der Waals surface area contributed by atoms with Gasteiger partial charge in [-0.2, -0.15) is 0 Å². The van der Waals surface area contributed by atoms with Gasteiger partial charge < -0.3 is 0 Å². The molecule has 0 saturated carbocycles. The molecular weight excluding hydrogens is 174 g/mol. The lowest BCUT2D eigenvalue weighted by atomic mass is 10.1. The minimum absolute atomic E-state index is 0.343. The van der Waals surface area contributed by atoms with E-state index in [0.717, 1.165) is 11.1 Å². The highest BCUT2D eigenvalue weighted by Gasteiger charge is 1.92. The van der Waals surface area contributed by atoms with Gasteiger partial charge in [-0.05, 0) is 17.2 Å². The molecular formula is C11H9N3. The van der Waals surface area contributed by atoms with Gasteiger partial charge in [-0.25, -0.2) is 0 Å². The molecule has 1 aromatic carbocycles. The molecule has 68 valence electrons. The Morgan fingerprint density at radius 1 is 1.50 bits per heavy atom. The summed E-state index contributed by atoms with van der Waals surface area (Å²) >= 11 is 0. The molecule has 3 nitrogen and oxygen atoms in total. The van der Waals surface area contributed by atoms with Crippen molar-refractivity contribution < 1.29 is 0 Å². The van der Waals surface area contributed by atoms with Crippen LogP contribution in [0.2, 0.25) is 0 Å². The monoisotopic (exact) mass is 183 g/mol. The van der Waals surface area contributed by atoms with Crippen LogP contribution in [0.3, 0.4) is 0 Å². The summed E-state index contributed by atoms with van der Waals surface area (Å²) in [6.45, 7) is 0.343. The molecule has 0 spiro atoms. The standard InChI is InChI=1S/C11H9N3/c1-2-10-6-3-4-7-11(10)8-5-9-13-14-12/h1,3-8H,9H2. The number of hydrogen-bond acceptors (Lipinski definition) is 1. The van der Waals surface area contributed by atoms with Gasteiger partial charge in [-0.15, -0.1) is 6.42 Å². The molecule has 1 rings (SSSR count). The maximum atomic E-state index is 8.06. The first kappa shape index (κ1) is 9.91. The van der Waals surface area contributed by atoms with Crippen molar-refractivity contribution in [2.75, 3.05) is 6.54 Å². The summed E-state index contributed by atoms with van der Waals surface area (Å²) in [5.74, 6) is 2.58. The van der Waals surface area contributed by atoms with Crippen LogP contribution in [0.15, 0.2) is 35.5 Å². The second kappa shape index (κ2) is 5.47. The molecule has 0 fully saturated rings. The molecule has 1 aromatic rings. The van der Waals surface area contributed by atoms with Gasteiger partial charge in [-0.3, -0.25) is 0 Å². The molecule has 14 heavy (non-hydrogen) atoms. The van der Waals surface area contributed by atoms with E-state index in [1.165, 1.54) is 0 Å². The molecule has 0 saturated heterocycles. The van der Waals surface area contributed by atoms with E-state index < -0.39 is 0 Å². The average Bonchev–Trinajstić information content (AvgIpc) is 2.25. The van der Waals surface area contributed by atoms with Crippen molar-refractivity contribution >= 4 is 6.08 Å². The Labute approximate surface area is 82.7 Å². The van der Waals surface area contributed by atoms with Crippen molar-refractivity contribution in [3.63, 3.8) is 0 Å². The predicted octanol–water partition coefficient (Wildman–Crippen LogP) is 2.99. The van der Waals surface area contributed by atoms with Crippen molar-refractivity contribution in [1.82, 2.24) is 0 Å². The van der Waals surface area contributed by atoms with Gasteiger partial charge in [0.05, 0.1) is 0 Å². The molecule has 0 aromatic heterocycles. The van der Waals surface area contributed by atoms with E-state index in [-0.39, 0.29) is 0 Å². The van der Waals surface area contributed by atoms with Crippen LogP contribution in [0.4, 0.5) is 0 Å². The average molecular weight is 183 g/mol. The Kier molecular flexibility index (Phi) is 3.87. The van der Waals surface area contributed by atoms with Crippen molar-refractivity contribution in [3.05, 3.63) is 51.9 Å². The minimum atomic E-state index is 0.343. The van der Waals surface area contributed by atoms with Crippen LogP contribution in [0.1, 0.15) is 11.1 Å². The fraction of sp³-hybridized carbons (Fsp3) is 0.0909. The fourth-order valence-electron chi connectivity index (χ4n) is 1.04. The van der Waals surface area contributed by atoms with Crippen molar-refractivity contribution in [1.29, 1.82) is 0 Å². The van der Waals surface area contributed by atoms with Crippen LogP contribution >= 0.6 is 0 Å². The van der Waals surface area contributed by atoms with Crippen molar-refractivity contribution in [3.8, 4) is 12.3 Å². The second-order valence-electron chi connectivity index (χ2n) is 2.55. The van der Waals surface area contributed by atoms with Gasteiger partial charge >= 0.3 is 0 Å². The van der Waals surface area contributed by atoms with E-state index in [2.05, 4.69) is 15.9 Å². The van der Waals surface area contributed by atoms with Gasteiger partial charge in [-0.1, -0.05) is 41.4 Å². The summed E-state index contributed by atoms with van der Waals surface area (Å²) in [7, 11) is 0. The summed E-state index contributed by atoms with van der Waals surface area (Å²) in [5.41, 5.74) is 9.86. The highest BCUT2D eigenvalue weighted by molar-refractivity contribution is 5.58. The third-order valence-corrected chi connectivity index (χ3v) is 1.66. The molecule has 0 atom stereocenters. The summed E-state index contributed by atoms with van der Waals surface area (Å²) in [6.07, 6.45) is 8.94. The Hall–Kier alpha value is -2.17. The summed E-state index contributed by atoms with van der Waals surface area (Å²) in [5, 5.41) is 3.38. The molecule has 0 N–H and O–H groups in total. The zero-order valence-electron chi connectivity index (χ0n) is 7.59. The number of azide groups is 1. The molecule has 0 aliphatic heterocycles.